The average molecular weight is 423 g/mol. The molecule has 0 bridgehead atoms. The lowest BCUT2D eigenvalue weighted by Crippen LogP contribution is -2.36. The van der Waals surface area contributed by atoms with Crippen LogP contribution in [0, 0.1) is 21.4 Å². The number of nitrogens with zero attached hydrogens (tertiary/aromatic N) is 3. The summed E-state index contributed by atoms with van der Waals surface area (Å²) in [5.41, 5.74) is 1.56. The van der Waals surface area contributed by atoms with E-state index in [0.717, 1.165) is 24.5 Å². The van der Waals surface area contributed by atoms with Crippen molar-refractivity contribution >= 4 is 28.7 Å². The van der Waals surface area contributed by atoms with Gasteiger partial charge in [0.25, 0.3) is 11.6 Å². The number of rotatable bonds is 7. The molecule has 2 aromatic carbocycles. The van der Waals surface area contributed by atoms with Crippen LogP contribution in [0.1, 0.15) is 0 Å². The summed E-state index contributed by atoms with van der Waals surface area (Å²) >= 11 is 0. The third kappa shape index (κ3) is 5.29. The minimum absolute atomic E-state index is 0.116. The molecule has 0 unspecified atom stereocenters. The van der Waals surface area contributed by atoms with Crippen LogP contribution in [0.3, 0.4) is 0 Å². The minimum atomic E-state index is -0.675. The molecule has 31 heavy (non-hydrogen) atoms. The second kappa shape index (κ2) is 10.1. The maximum Gasteiger partial charge on any atom is 0.273 e. The first-order valence-electron chi connectivity index (χ1n) is 9.46. The number of nitro groups is 1. The monoisotopic (exact) mass is 423 g/mol. The standard InChI is InChI=1S/C21H21N5O5/c1-30-20-12-16(26(28)29)6-7-18(20)24-21(27)15(13-22)14-23-17-4-2-3-5-19(17)25-8-10-31-11-9-25/h2-7,12,14,23H,8-11H2,1H3,(H,24,27)/b15-14-. The van der Waals surface area contributed by atoms with Gasteiger partial charge in [0.15, 0.2) is 0 Å². The third-order valence-electron chi connectivity index (χ3n) is 4.64. The van der Waals surface area contributed by atoms with Crippen molar-refractivity contribution in [3.8, 4) is 11.8 Å². The van der Waals surface area contributed by atoms with Crippen molar-refractivity contribution in [2.24, 2.45) is 0 Å². The molecule has 2 aromatic rings. The zero-order valence-electron chi connectivity index (χ0n) is 16.8. The van der Waals surface area contributed by atoms with Gasteiger partial charge in [-0.15, -0.1) is 0 Å². The summed E-state index contributed by atoms with van der Waals surface area (Å²) in [5, 5.41) is 25.9. The largest absolute Gasteiger partial charge is 0.494 e. The zero-order chi connectivity index (χ0) is 22.2. The summed E-state index contributed by atoms with van der Waals surface area (Å²) in [6, 6.07) is 13.2. The van der Waals surface area contributed by atoms with E-state index >= 15 is 0 Å². The molecule has 0 spiro atoms. The summed E-state index contributed by atoms with van der Waals surface area (Å²) in [5.74, 6) is -0.559. The van der Waals surface area contributed by atoms with E-state index in [0.29, 0.717) is 13.2 Å². The van der Waals surface area contributed by atoms with Crippen molar-refractivity contribution in [1.29, 1.82) is 5.26 Å². The van der Waals surface area contributed by atoms with Crippen molar-refractivity contribution in [3.63, 3.8) is 0 Å². The highest BCUT2D eigenvalue weighted by atomic mass is 16.6. The van der Waals surface area contributed by atoms with Crippen LogP contribution in [0.2, 0.25) is 0 Å². The fourth-order valence-electron chi connectivity index (χ4n) is 3.06. The number of hydrogen-bond acceptors (Lipinski definition) is 8. The number of carbonyl (C=O) groups is 1. The number of methoxy groups -OCH3 is 1. The number of nitriles is 1. The van der Waals surface area contributed by atoms with E-state index < -0.39 is 10.8 Å². The molecular weight excluding hydrogens is 402 g/mol. The molecule has 1 aliphatic heterocycles. The fourth-order valence-corrected chi connectivity index (χ4v) is 3.06. The van der Waals surface area contributed by atoms with Crippen LogP contribution in [0.5, 0.6) is 5.75 Å². The molecule has 3 rings (SSSR count). The molecule has 1 fully saturated rings. The molecule has 1 saturated heterocycles. The smallest absolute Gasteiger partial charge is 0.273 e. The molecular formula is C21H21N5O5. The molecule has 0 aromatic heterocycles. The molecule has 0 radical (unpaired) electrons. The van der Waals surface area contributed by atoms with E-state index in [1.807, 2.05) is 30.3 Å². The lowest BCUT2D eigenvalue weighted by atomic mass is 10.2. The number of hydrogen-bond donors (Lipinski definition) is 2. The highest BCUT2D eigenvalue weighted by Crippen LogP contribution is 2.30. The van der Waals surface area contributed by atoms with Gasteiger partial charge < -0.3 is 25.0 Å². The third-order valence-corrected chi connectivity index (χ3v) is 4.64. The van der Waals surface area contributed by atoms with Crippen LogP contribution in [0.25, 0.3) is 0 Å². The van der Waals surface area contributed by atoms with Gasteiger partial charge in [0.1, 0.15) is 17.4 Å². The normalized spacial score (nSPS) is 13.8. The molecule has 2 N–H and O–H groups in total. The van der Waals surface area contributed by atoms with Crippen LogP contribution in [0.4, 0.5) is 22.7 Å². The topological polar surface area (TPSA) is 130 Å². The highest BCUT2D eigenvalue weighted by Gasteiger charge is 2.17. The van der Waals surface area contributed by atoms with Crippen molar-refractivity contribution < 1.29 is 19.2 Å². The Bertz CT molecular complexity index is 1040. The summed E-state index contributed by atoms with van der Waals surface area (Å²) in [6.07, 6.45) is 1.33. The summed E-state index contributed by atoms with van der Waals surface area (Å²) in [6.45, 7) is 2.75. The van der Waals surface area contributed by atoms with E-state index in [4.69, 9.17) is 9.47 Å². The first-order chi connectivity index (χ1) is 15.0. The van der Waals surface area contributed by atoms with Crippen molar-refractivity contribution in [2.45, 2.75) is 0 Å². The molecule has 0 aliphatic carbocycles. The van der Waals surface area contributed by atoms with Crippen LogP contribution in [-0.4, -0.2) is 44.2 Å². The van der Waals surface area contributed by atoms with Crippen molar-refractivity contribution in [1.82, 2.24) is 0 Å². The van der Waals surface area contributed by atoms with Gasteiger partial charge in [-0.2, -0.15) is 5.26 Å². The Morgan fingerprint density at radius 3 is 2.68 bits per heavy atom. The maximum atomic E-state index is 12.6. The molecule has 1 heterocycles. The molecule has 10 nitrogen and oxygen atoms in total. The Morgan fingerprint density at radius 2 is 2.00 bits per heavy atom. The van der Waals surface area contributed by atoms with E-state index in [2.05, 4.69) is 15.5 Å². The number of anilines is 3. The number of para-hydroxylation sites is 2. The van der Waals surface area contributed by atoms with Crippen LogP contribution >= 0.6 is 0 Å². The number of ether oxygens (including phenoxy) is 2. The van der Waals surface area contributed by atoms with Gasteiger partial charge in [0, 0.05) is 25.4 Å². The first kappa shape index (κ1) is 21.6. The number of amides is 1. The molecule has 160 valence electrons. The van der Waals surface area contributed by atoms with E-state index in [1.54, 1.807) is 0 Å². The highest BCUT2D eigenvalue weighted by molar-refractivity contribution is 6.07. The fraction of sp³-hybridized carbons (Fsp3) is 0.238. The Kier molecular flexibility index (Phi) is 7.03. The second-order valence-electron chi connectivity index (χ2n) is 6.53. The van der Waals surface area contributed by atoms with Crippen molar-refractivity contribution in [2.75, 3.05) is 48.9 Å². The quantitative estimate of drug-likeness (QED) is 0.301. The van der Waals surface area contributed by atoms with Gasteiger partial charge in [-0.05, 0) is 18.2 Å². The average Bonchev–Trinajstić information content (AvgIpc) is 2.80. The van der Waals surface area contributed by atoms with Crippen LogP contribution in [0.15, 0.2) is 54.2 Å². The summed E-state index contributed by atoms with van der Waals surface area (Å²) in [7, 11) is 1.33. The first-order valence-corrected chi connectivity index (χ1v) is 9.46. The van der Waals surface area contributed by atoms with Crippen LogP contribution in [-0.2, 0) is 9.53 Å². The predicted octanol–water partition coefficient (Wildman–Crippen LogP) is 2.90. The van der Waals surface area contributed by atoms with Gasteiger partial charge in [-0.1, -0.05) is 12.1 Å². The molecule has 0 saturated carbocycles. The summed E-state index contributed by atoms with van der Waals surface area (Å²) in [4.78, 5) is 25.1. The van der Waals surface area contributed by atoms with Gasteiger partial charge in [-0.25, -0.2) is 0 Å². The van der Waals surface area contributed by atoms with E-state index in [9.17, 15) is 20.2 Å². The molecule has 1 aliphatic rings. The number of nitrogens with one attached hydrogen (secondary N) is 2. The molecule has 10 heteroatoms. The molecule has 0 atom stereocenters. The van der Waals surface area contributed by atoms with E-state index in [-0.39, 0.29) is 22.7 Å². The number of nitro benzene ring substituents is 1. The van der Waals surface area contributed by atoms with Gasteiger partial charge in [0.05, 0.1) is 48.4 Å². The minimum Gasteiger partial charge on any atom is -0.494 e. The number of non-ortho nitro benzene ring substituents is 1. The number of carbonyl (C=O) groups excluding carboxylic acids is 1. The Balaban J connectivity index is 1.76. The maximum absolute atomic E-state index is 12.6. The predicted molar refractivity (Wildman–Crippen MR) is 115 cm³/mol. The number of benzene rings is 2. The lowest BCUT2D eigenvalue weighted by Gasteiger charge is -2.30. The van der Waals surface area contributed by atoms with E-state index in [1.165, 1.54) is 31.5 Å². The van der Waals surface area contributed by atoms with Gasteiger partial charge in [0.2, 0.25) is 0 Å². The van der Waals surface area contributed by atoms with Crippen LogP contribution < -0.4 is 20.3 Å². The zero-order valence-corrected chi connectivity index (χ0v) is 16.8. The van der Waals surface area contributed by atoms with Gasteiger partial charge in [-0.3, -0.25) is 14.9 Å². The Labute approximate surface area is 178 Å². The van der Waals surface area contributed by atoms with Gasteiger partial charge >= 0.3 is 0 Å². The lowest BCUT2D eigenvalue weighted by molar-refractivity contribution is -0.384. The number of morpholine rings is 1. The summed E-state index contributed by atoms with van der Waals surface area (Å²) < 4.78 is 10.5. The Hall–Kier alpha value is -4.10. The SMILES string of the molecule is COc1cc([N+](=O)[O-])ccc1NC(=O)/C(C#N)=C\Nc1ccccc1N1CCOCC1. The molecule has 1 amide bonds. The Morgan fingerprint density at radius 1 is 1.26 bits per heavy atom. The van der Waals surface area contributed by atoms with Crippen molar-refractivity contribution in [3.05, 3.63) is 64.4 Å². The second-order valence-corrected chi connectivity index (χ2v) is 6.53.